The first-order valence-electron chi connectivity index (χ1n) is 29.6. The molecule has 1 heterocycles. The Balaban J connectivity index is -0.000000587. The van der Waals surface area contributed by atoms with Crippen LogP contribution in [0, 0.1) is 36.0 Å². The third kappa shape index (κ3) is 30.8. The van der Waals surface area contributed by atoms with Gasteiger partial charge in [-0.25, -0.2) is 4.39 Å². The number of ether oxygens (including phenoxy) is 1. The number of nitrogens with one attached hydrogen (secondary N) is 1. The van der Waals surface area contributed by atoms with Crippen molar-refractivity contribution in [3.05, 3.63) is 101 Å². The van der Waals surface area contributed by atoms with Gasteiger partial charge in [-0.1, -0.05) is 207 Å². The van der Waals surface area contributed by atoms with Crippen LogP contribution in [0.4, 0.5) is 4.39 Å². The standard InChI is InChI=1S/C37H53FN2O.C8H16.C8H18.C6H10O2.C4H10.C3H8.C2H6/c1-12-18-34(33(38)17-6)40-30(11)29(10)35(39-23-15-4)25-27(8)31-19-20-32(28(9)24-31)37(21-13-2,22-14-3)36(41)26(7)16-5;1-3-4-8-5-7(2)6-8;1-5-7-8(3,4)6-2;1-5(7)6(2)3-4-8-6;1-4(2)3;1-3-2;1-2/h12,17-20,23-26,40H,6,8,13-16,21-22H2,1-5,7,9-11H3;7-8H,3-6H2,1-2H3;5-7H2,1-4H3;3-4H2,1-2H3;4H,1-3H3;3H2,1-2H3;1-2H3/b18-12-,30-29+,34-33-,35-25+,39-23?;;;;;;. The zero-order valence-corrected chi connectivity index (χ0v) is 53.2. The monoisotopic (exact) mass is 1030 g/mol. The zero-order valence-electron chi connectivity index (χ0n) is 53.2. The maximum absolute atomic E-state index is 14.4. The highest BCUT2D eigenvalue weighted by Crippen LogP contribution is 2.41. The molecule has 1 saturated carbocycles. The van der Waals surface area contributed by atoms with E-state index in [4.69, 9.17) is 9.73 Å². The molecule has 1 aromatic rings. The van der Waals surface area contributed by atoms with Gasteiger partial charge in [0.2, 0.25) is 0 Å². The molecule has 428 valence electrons. The molecular weight excluding hydrogens is 912 g/mol. The number of allylic oxidation sites excluding steroid dienone is 8. The molecule has 2 unspecified atom stereocenters. The van der Waals surface area contributed by atoms with Crippen molar-refractivity contribution in [2.24, 2.45) is 34.1 Å². The predicted molar refractivity (Wildman–Crippen MR) is 331 cm³/mol. The molecule has 1 aliphatic heterocycles. The molecule has 5 nitrogen and oxygen atoms in total. The summed E-state index contributed by atoms with van der Waals surface area (Å²) in [5, 5.41) is 3.17. The number of Topliss-reactive ketones (excluding diaryl/α,β-unsaturated/α-hetero) is 2. The van der Waals surface area contributed by atoms with Crippen LogP contribution in [0.25, 0.3) is 5.57 Å². The summed E-state index contributed by atoms with van der Waals surface area (Å²) in [6.07, 6.45) is 25.7. The van der Waals surface area contributed by atoms with Crippen molar-refractivity contribution >= 4 is 23.4 Å². The Morgan fingerprint density at radius 2 is 1.43 bits per heavy atom. The van der Waals surface area contributed by atoms with Gasteiger partial charge in [0.25, 0.3) is 0 Å². The van der Waals surface area contributed by atoms with Crippen molar-refractivity contribution in [3.8, 4) is 0 Å². The van der Waals surface area contributed by atoms with Crippen molar-refractivity contribution < 1.29 is 18.7 Å². The largest absolute Gasteiger partial charge is 0.367 e. The van der Waals surface area contributed by atoms with E-state index in [0.29, 0.717) is 16.9 Å². The molecule has 0 amide bonds. The Kier molecular flexibility index (Phi) is 45.1. The van der Waals surface area contributed by atoms with Crippen molar-refractivity contribution in [3.63, 3.8) is 0 Å². The van der Waals surface area contributed by atoms with Gasteiger partial charge in [0.15, 0.2) is 5.78 Å². The second-order valence-electron chi connectivity index (χ2n) is 22.2. The maximum atomic E-state index is 14.4. The van der Waals surface area contributed by atoms with Crippen LogP contribution in [0.1, 0.15) is 272 Å². The van der Waals surface area contributed by atoms with Gasteiger partial charge in [0.05, 0.1) is 23.4 Å². The summed E-state index contributed by atoms with van der Waals surface area (Å²) in [7, 11) is 0. The van der Waals surface area contributed by atoms with Gasteiger partial charge >= 0.3 is 0 Å². The molecule has 6 heteroatoms. The van der Waals surface area contributed by atoms with Crippen molar-refractivity contribution in [2.75, 3.05) is 6.61 Å². The average molecular weight is 1030 g/mol. The lowest BCUT2D eigenvalue weighted by Gasteiger charge is -2.36. The third-order valence-electron chi connectivity index (χ3n) is 13.6. The molecular formula is C68H121FN2O3. The van der Waals surface area contributed by atoms with Crippen LogP contribution < -0.4 is 5.32 Å². The molecule has 2 atom stereocenters. The first-order valence-corrected chi connectivity index (χ1v) is 29.6. The van der Waals surface area contributed by atoms with Crippen LogP contribution in [-0.4, -0.2) is 30.0 Å². The van der Waals surface area contributed by atoms with Crippen LogP contribution in [0.2, 0.25) is 0 Å². The highest BCUT2D eigenvalue weighted by molar-refractivity contribution is 5.92. The first-order chi connectivity index (χ1) is 34.7. The molecule has 0 spiro atoms. The molecule has 74 heavy (non-hydrogen) atoms. The number of nitrogens with zero attached hydrogens (tertiary/aromatic N) is 1. The van der Waals surface area contributed by atoms with E-state index >= 15 is 0 Å². The van der Waals surface area contributed by atoms with Crippen molar-refractivity contribution in [1.82, 2.24) is 5.32 Å². The van der Waals surface area contributed by atoms with E-state index in [2.05, 4.69) is 147 Å². The minimum atomic E-state index is -0.462. The Hall–Kier alpha value is -3.64. The second kappa shape index (κ2) is 43.5. The van der Waals surface area contributed by atoms with Crippen molar-refractivity contribution in [2.45, 2.75) is 273 Å². The lowest BCUT2D eigenvalue weighted by Crippen LogP contribution is -2.46. The molecule has 1 aromatic carbocycles. The Bertz CT molecular complexity index is 1830. The number of hydrogen-bond acceptors (Lipinski definition) is 5. The molecule has 0 bridgehead atoms. The third-order valence-corrected chi connectivity index (χ3v) is 13.6. The lowest BCUT2D eigenvalue weighted by atomic mass is 9.65. The van der Waals surface area contributed by atoms with E-state index in [9.17, 15) is 14.0 Å². The van der Waals surface area contributed by atoms with E-state index in [1.165, 1.54) is 57.4 Å². The molecule has 0 aromatic heterocycles. The van der Waals surface area contributed by atoms with Gasteiger partial charge < -0.3 is 10.1 Å². The molecule has 1 aliphatic carbocycles. The van der Waals surface area contributed by atoms with Gasteiger partial charge in [-0.3, -0.25) is 14.6 Å². The van der Waals surface area contributed by atoms with E-state index in [1.807, 2.05) is 60.8 Å². The summed E-state index contributed by atoms with van der Waals surface area (Å²) < 4.78 is 19.4. The van der Waals surface area contributed by atoms with Gasteiger partial charge in [-0.15, -0.1) is 0 Å². The highest BCUT2D eigenvalue weighted by atomic mass is 19.1. The van der Waals surface area contributed by atoms with Crippen LogP contribution in [-0.2, 0) is 19.7 Å². The van der Waals surface area contributed by atoms with E-state index in [0.717, 1.165) is 109 Å². The summed E-state index contributed by atoms with van der Waals surface area (Å²) in [4.78, 5) is 29.2. The lowest BCUT2D eigenvalue weighted by molar-refractivity contribution is -0.166. The Labute approximate surface area is 460 Å². The van der Waals surface area contributed by atoms with Gasteiger partial charge in [0, 0.05) is 24.3 Å². The summed E-state index contributed by atoms with van der Waals surface area (Å²) in [6.45, 7) is 59.0. The molecule has 3 rings (SSSR count). The number of ketones is 2. The Morgan fingerprint density at radius 1 is 0.919 bits per heavy atom. The van der Waals surface area contributed by atoms with Gasteiger partial charge in [-0.05, 0) is 156 Å². The fraction of sp³-hybridized carbons (Fsp3) is 0.691. The maximum Gasteiger partial charge on any atom is 0.161 e. The number of benzene rings is 1. The molecule has 1 N–H and O–H groups in total. The van der Waals surface area contributed by atoms with Crippen molar-refractivity contribution in [1.29, 1.82) is 0 Å². The highest BCUT2D eigenvalue weighted by Gasteiger charge is 2.41. The zero-order chi connectivity index (χ0) is 58.3. The first kappa shape index (κ1) is 76.9. The number of rotatable bonds is 23. The quantitative estimate of drug-likeness (QED) is 0.0876. The van der Waals surface area contributed by atoms with Gasteiger partial charge in [0.1, 0.15) is 17.2 Å². The SMILES string of the molecule is C=C/C(F)=C(\C=C/C)N/C(C)=C(C)/C(=C\C(=C)c1ccc(C(CCC)(CCC)C(=O)C(C)CC)c(C)c1)N=CCC.CC.CC(=O)C1(C)CCO1.CC(C)C.CCC.CCCC(C)(C)CC.CCCC1CC(C)C1. The van der Waals surface area contributed by atoms with E-state index < -0.39 is 16.8 Å². The number of aryl methyl sites for hydroxylation is 1. The number of halogens is 1. The average Bonchev–Trinajstić information content (AvgIpc) is 3.34. The smallest absolute Gasteiger partial charge is 0.161 e. The second-order valence-corrected chi connectivity index (χ2v) is 22.2. The summed E-state index contributed by atoms with van der Waals surface area (Å²) >= 11 is 0. The Morgan fingerprint density at radius 3 is 1.76 bits per heavy atom. The number of carbonyl (C=O) groups is 2. The van der Waals surface area contributed by atoms with Gasteiger partial charge in [-0.2, -0.15) is 0 Å². The number of aliphatic imine (C=N–C) groups is 1. The van der Waals surface area contributed by atoms with Crippen LogP contribution >= 0.6 is 0 Å². The fourth-order valence-electron chi connectivity index (χ4n) is 8.56. The normalized spacial score (nSPS) is 18.1. The van der Waals surface area contributed by atoms with E-state index in [1.54, 1.807) is 19.1 Å². The number of hydrogen-bond donors (Lipinski definition) is 1. The van der Waals surface area contributed by atoms with Crippen LogP contribution in [0.3, 0.4) is 0 Å². The van der Waals surface area contributed by atoms with Crippen LogP contribution in [0.15, 0.2) is 89.1 Å². The summed E-state index contributed by atoms with van der Waals surface area (Å²) in [5.74, 6) is 3.09. The number of carbonyl (C=O) groups excluding carboxylic acids is 2. The predicted octanol–water partition coefficient (Wildman–Crippen LogP) is 21.6. The minimum Gasteiger partial charge on any atom is -0.367 e. The molecule has 0 radical (unpaired) electrons. The summed E-state index contributed by atoms with van der Waals surface area (Å²) in [5.41, 5.74) is 6.53. The molecule has 1 saturated heterocycles. The van der Waals surface area contributed by atoms with E-state index in [-0.39, 0.29) is 11.7 Å². The molecule has 2 aliphatic rings. The molecule has 2 fully saturated rings. The minimum absolute atomic E-state index is 0.0267. The van der Waals surface area contributed by atoms with Crippen LogP contribution in [0.5, 0.6) is 0 Å². The fourth-order valence-corrected chi connectivity index (χ4v) is 8.56. The topological polar surface area (TPSA) is 67.8 Å². The summed E-state index contributed by atoms with van der Waals surface area (Å²) in [6, 6.07) is 6.38.